The van der Waals surface area contributed by atoms with Crippen LogP contribution in [-0.2, 0) is 11.3 Å². The highest BCUT2D eigenvalue weighted by Gasteiger charge is 2.41. The molecule has 0 spiro atoms. The van der Waals surface area contributed by atoms with Gasteiger partial charge in [-0.15, -0.1) is 13.2 Å². The number of aliphatic hydroxyl groups excluding tert-OH is 1. The average Bonchev–Trinajstić information content (AvgIpc) is 3.20. The lowest BCUT2D eigenvalue weighted by Gasteiger charge is -2.39. The molecule has 3 unspecified atom stereocenters. The number of benzene rings is 1. The quantitative estimate of drug-likeness (QED) is 0.505. The minimum absolute atomic E-state index is 0.107. The summed E-state index contributed by atoms with van der Waals surface area (Å²) in [5.74, 6) is -0.457. The van der Waals surface area contributed by atoms with Crippen LogP contribution in [0.4, 0.5) is 26.3 Å². The first-order valence-corrected chi connectivity index (χ1v) is 11.0. The van der Waals surface area contributed by atoms with Gasteiger partial charge in [-0.1, -0.05) is 31.0 Å². The maximum absolute atomic E-state index is 13.1. The Balaban J connectivity index is 1.76. The van der Waals surface area contributed by atoms with Crippen molar-refractivity contribution in [1.82, 2.24) is 4.90 Å². The van der Waals surface area contributed by atoms with Gasteiger partial charge in [-0.05, 0) is 44.6 Å². The highest BCUT2D eigenvalue weighted by Crippen LogP contribution is 2.34. The Bertz CT molecular complexity index is 720. The zero-order valence-electron chi connectivity index (χ0n) is 17.7. The minimum Gasteiger partial charge on any atom is -0.405 e. The van der Waals surface area contributed by atoms with E-state index in [0.717, 1.165) is 44.6 Å². The summed E-state index contributed by atoms with van der Waals surface area (Å²) in [4.78, 5) is 1.42. The van der Waals surface area contributed by atoms with Crippen molar-refractivity contribution in [2.45, 2.75) is 94.8 Å². The zero-order chi connectivity index (χ0) is 23.4. The van der Waals surface area contributed by atoms with E-state index in [1.54, 1.807) is 0 Å². The fraction of sp³-hybridized carbons (Fsp3) is 0.727. The summed E-state index contributed by atoms with van der Waals surface area (Å²) < 4.78 is 87.8. The second kappa shape index (κ2) is 10.6. The van der Waals surface area contributed by atoms with E-state index >= 15 is 0 Å². The molecule has 10 heteroatoms. The predicted molar refractivity (Wildman–Crippen MR) is 105 cm³/mol. The van der Waals surface area contributed by atoms with Crippen LogP contribution in [0.15, 0.2) is 24.3 Å². The smallest absolute Gasteiger partial charge is 0.405 e. The van der Waals surface area contributed by atoms with E-state index in [0.29, 0.717) is 12.8 Å². The van der Waals surface area contributed by atoms with Crippen LogP contribution >= 0.6 is 0 Å². The molecule has 1 aromatic rings. The first kappa shape index (κ1) is 25.1. The Labute approximate surface area is 183 Å². The van der Waals surface area contributed by atoms with E-state index in [2.05, 4.69) is 4.74 Å². The topological polar surface area (TPSA) is 41.9 Å². The molecule has 4 nitrogen and oxygen atoms in total. The van der Waals surface area contributed by atoms with E-state index < -0.39 is 30.9 Å². The Morgan fingerprint density at radius 2 is 1.59 bits per heavy atom. The first-order chi connectivity index (χ1) is 15.0. The molecule has 2 fully saturated rings. The van der Waals surface area contributed by atoms with Crippen LogP contribution in [0.2, 0.25) is 0 Å². The highest BCUT2D eigenvalue weighted by molar-refractivity contribution is 5.33. The average molecular weight is 469 g/mol. The van der Waals surface area contributed by atoms with E-state index in [-0.39, 0.29) is 30.4 Å². The number of alkyl halides is 6. The van der Waals surface area contributed by atoms with Crippen molar-refractivity contribution < 1.29 is 40.9 Å². The van der Waals surface area contributed by atoms with Crippen LogP contribution in [0.1, 0.15) is 56.9 Å². The summed E-state index contributed by atoms with van der Waals surface area (Å²) in [6.45, 7) is -0.940. The first-order valence-electron chi connectivity index (χ1n) is 11.0. The predicted octanol–water partition coefficient (Wildman–Crippen LogP) is 5.58. The molecule has 3 atom stereocenters. The molecule has 0 radical (unpaired) electrons. The van der Waals surface area contributed by atoms with Crippen LogP contribution in [0.25, 0.3) is 0 Å². The molecular weight excluding hydrogens is 440 g/mol. The van der Waals surface area contributed by atoms with Gasteiger partial charge in [0, 0.05) is 24.7 Å². The van der Waals surface area contributed by atoms with Crippen molar-refractivity contribution in [2.75, 3.05) is 6.54 Å². The molecular formula is C22H29F6NO3. The number of rotatable bonds is 8. The van der Waals surface area contributed by atoms with Crippen molar-refractivity contribution in [1.29, 1.82) is 0 Å². The van der Waals surface area contributed by atoms with Crippen LogP contribution in [-0.4, -0.2) is 53.4 Å². The summed E-state index contributed by atoms with van der Waals surface area (Å²) in [7, 11) is 0. The number of hydrogen-bond donors (Lipinski definition) is 1. The van der Waals surface area contributed by atoms with Gasteiger partial charge in [-0.25, -0.2) is 0 Å². The molecule has 0 saturated heterocycles. The standard InChI is InChI=1S/C22H29F6NO3/c23-21(24,25)20(30)14-29(13-15-6-1-4-11-19(15)32-22(26,27)28)16-7-5-10-18(12-16)31-17-8-2-3-9-17/h1,4,6,11,16-18,20,30H,2-3,5,7-10,12-14H2. The summed E-state index contributed by atoms with van der Waals surface area (Å²) in [5, 5.41) is 9.71. The third-order valence-corrected chi connectivity index (χ3v) is 6.16. The molecule has 0 aliphatic heterocycles. The van der Waals surface area contributed by atoms with Gasteiger partial charge in [0.05, 0.1) is 12.2 Å². The number of aliphatic hydroxyl groups is 1. The molecule has 0 amide bonds. The third-order valence-electron chi connectivity index (χ3n) is 6.16. The maximum Gasteiger partial charge on any atom is 0.573 e. The van der Waals surface area contributed by atoms with Gasteiger partial charge in [0.15, 0.2) is 6.10 Å². The number of ether oxygens (including phenoxy) is 2. The van der Waals surface area contributed by atoms with Gasteiger partial charge >= 0.3 is 12.5 Å². The van der Waals surface area contributed by atoms with Gasteiger partial charge in [0.1, 0.15) is 5.75 Å². The van der Waals surface area contributed by atoms with Crippen molar-refractivity contribution in [3.05, 3.63) is 29.8 Å². The Kier molecular flexibility index (Phi) is 8.32. The van der Waals surface area contributed by atoms with E-state index in [1.807, 2.05) is 0 Å². The molecule has 2 saturated carbocycles. The van der Waals surface area contributed by atoms with Crippen LogP contribution in [0.3, 0.4) is 0 Å². The molecule has 1 aromatic carbocycles. The lowest BCUT2D eigenvalue weighted by molar-refractivity contribution is -0.275. The van der Waals surface area contributed by atoms with E-state index in [9.17, 15) is 31.4 Å². The molecule has 0 heterocycles. The van der Waals surface area contributed by atoms with Crippen molar-refractivity contribution in [2.24, 2.45) is 0 Å². The summed E-state index contributed by atoms with van der Waals surface area (Å²) in [6, 6.07) is 5.04. The molecule has 2 aliphatic carbocycles. The van der Waals surface area contributed by atoms with E-state index in [4.69, 9.17) is 4.74 Å². The van der Waals surface area contributed by atoms with Gasteiger partial charge in [-0.3, -0.25) is 4.90 Å². The second-order valence-corrected chi connectivity index (χ2v) is 8.63. The SMILES string of the molecule is OC(CN(Cc1ccccc1OC(F)(F)F)C1CCCC(OC2CCCC2)C1)C(F)(F)F. The summed E-state index contributed by atoms with van der Waals surface area (Å²) >= 11 is 0. The zero-order valence-corrected chi connectivity index (χ0v) is 17.7. The Hall–Kier alpha value is -1.52. The van der Waals surface area contributed by atoms with Crippen molar-refractivity contribution >= 4 is 0 Å². The Morgan fingerprint density at radius 3 is 2.25 bits per heavy atom. The van der Waals surface area contributed by atoms with Crippen LogP contribution < -0.4 is 4.74 Å². The molecule has 0 aromatic heterocycles. The fourth-order valence-electron chi connectivity index (χ4n) is 4.62. The molecule has 3 rings (SSSR count). The minimum atomic E-state index is -4.92. The van der Waals surface area contributed by atoms with Gasteiger partial charge in [-0.2, -0.15) is 13.2 Å². The molecule has 32 heavy (non-hydrogen) atoms. The fourth-order valence-corrected chi connectivity index (χ4v) is 4.62. The van der Waals surface area contributed by atoms with Gasteiger partial charge < -0.3 is 14.6 Å². The molecule has 1 N–H and O–H groups in total. The lowest BCUT2D eigenvalue weighted by atomic mass is 9.90. The van der Waals surface area contributed by atoms with Gasteiger partial charge in [0.25, 0.3) is 0 Å². The number of nitrogens with zero attached hydrogens (tertiary/aromatic N) is 1. The normalized spacial score (nSPS) is 24.1. The largest absolute Gasteiger partial charge is 0.573 e. The monoisotopic (exact) mass is 469 g/mol. The summed E-state index contributed by atoms with van der Waals surface area (Å²) in [6.07, 6.45) is -5.56. The van der Waals surface area contributed by atoms with Crippen LogP contribution in [0.5, 0.6) is 5.75 Å². The second-order valence-electron chi connectivity index (χ2n) is 8.63. The summed E-state index contributed by atoms with van der Waals surface area (Å²) in [5.41, 5.74) is 0.109. The van der Waals surface area contributed by atoms with Crippen molar-refractivity contribution in [3.63, 3.8) is 0 Å². The molecule has 0 bridgehead atoms. The third kappa shape index (κ3) is 7.52. The number of halogens is 6. The van der Waals surface area contributed by atoms with Gasteiger partial charge in [0.2, 0.25) is 0 Å². The molecule has 2 aliphatic rings. The highest BCUT2D eigenvalue weighted by atomic mass is 19.4. The van der Waals surface area contributed by atoms with Crippen molar-refractivity contribution in [3.8, 4) is 5.75 Å². The number of hydrogen-bond acceptors (Lipinski definition) is 4. The maximum atomic E-state index is 13.1. The molecule has 182 valence electrons. The number of para-hydroxylation sites is 1. The van der Waals surface area contributed by atoms with Crippen LogP contribution in [0, 0.1) is 0 Å². The Morgan fingerprint density at radius 1 is 0.938 bits per heavy atom. The van der Waals surface area contributed by atoms with E-state index in [1.165, 1.54) is 23.1 Å². The lowest BCUT2D eigenvalue weighted by Crippen LogP contribution is -2.47.